The molecule has 0 aliphatic carbocycles. The molecule has 0 bridgehead atoms. The molecule has 126 valence electrons. The highest BCUT2D eigenvalue weighted by Gasteiger charge is 2.31. The molecule has 5 nitrogen and oxygen atoms in total. The Bertz CT molecular complexity index is 691. The highest BCUT2D eigenvalue weighted by Crippen LogP contribution is 2.26. The summed E-state index contributed by atoms with van der Waals surface area (Å²) >= 11 is 0. The first-order valence-electron chi connectivity index (χ1n) is 7.95. The van der Waals surface area contributed by atoms with Crippen LogP contribution in [-0.4, -0.2) is 50.3 Å². The van der Waals surface area contributed by atoms with Crippen LogP contribution in [0.25, 0.3) is 0 Å². The third kappa shape index (κ3) is 3.92. The summed E-state index contributed by atoms with van der Waals surface area (Å²) in [6, 6.07) is 6.07. The van der Waals surface area contributed by atoms with Crippen molar-refractivity contribution in [2.45, 2.75) is 32.6 Å². The molecule has 1 aliphatic heterocycles. The Labute approximate surface area is 139 Å². The molecule has 0 saturated carbocycles. The maximum atomic E-state index is 13.0. The maximum Gasteiger partial charge on any atom is 0.243 e. The average Bonchev–Trinajstić information content (AvgIpc) is 2.46. The third-order valence-electron chi connectivity index (χ3n) is 4.29. The first-order valence-corrected chi connectivity index (χ1v) is 9.39. The van der Waals surface area contributed by atoms with Gasteiger partial charge < -0.3 is 0 Å². The standard InChI is InChI=1S/C17H25N3O2S/c1-13-9-15(3)17(16(4)10-13)23(21,22)20-7-5-19(6-8-20)12-14(2)11-18/h9-10,14H,5-8,12H2,1-4H3/t14-/m0/s1. The largest absolute Gasteiger partial charge is 0.299 e. The van der Waals surface area contributed by atoms with Crippen LogP contribution in [0.15, 0.2) is 17.0 Å². The van der Waals surface area contributed by atoms with Gasteiger partial charge in [-0.05, 0) is 38.8 Å². The molecule has 0 radical (unpaired) electrons. The Balaban J connectivity index is 2.16. The van der Waals surface area contributed by atoms with Crippen LogP contribution in [0.1, 0.15) is 23.6 Å². The van der Waals surface area contributed by atoms with Gasteiger partial charge in [0.05, 0.1) is 16.9 Å². The van der Waals surface area contributed by atoms with E-state index < -0.39 is 10.0 Å². The quantitative estimate of drug-likeness (QED) is 0.845. The molecule has 1 fully saturated rings. The summed E-state index contributed by atoms with van der Waals surface area (Å²) in [7, 11) is -3.46. The summed E-state index contributed by atoms with van der Waals surface area (Å²) in [4.78, 5) is 2.61. The minimum absolute atomic E-state index is 0.0280. The molecule has 0 spiro atoms. The van der Waals surface area contributed by atoms with Gasteiger partial charge in [-0.25, -0.2) is 8.42 Å². The van der Waals surface area contributed by atoms with Crippen molar-refractivity contribution in [3.8, 4) is 6.07 Å². The Hall–Kier alpha value is -1.42. The zero-order valence-electron chi connectivity index (χ0n) is 14.3. The predicted octanol–water partition coefficient (Wildman–Crippen LogP) is 2.08. The van der Waals surface area contributed by atoms with E-state index in [1.165, 1.54) is 0 Å². The van der Waals surface area contributed by atoms with Crippen molar-refractivity contribution in [2.24, 2.45) is 5.92 Å². The summed E-state index contributed by atoms with van der Waals surface area (Å²) in [5.41, 5.74) is 2.69. The van der Waals surface area contributed by atoms with Crippen molar-refractivity contribution in [2.75, 3.05) is 32.7 Å². The Morgan fingerprint density at radius 1 is 1.13 bits per heavy atom. The van der Waals surface area contributed by atoms with Crippen molar-refractivity contribution in [1.82, 2.24) is 9.21 Å². The fourth-order valence-corrected chi connectivity index (χ4v) is 5.12. The molecular formula is C17H25N3O2S. The van der Waals surface area contributed by atoms with Gasteiger partial charge in [-0.2, -0.15) is 9.57 Å². The van der Waals surface area contributed by atoms with Gasteiger partial charge >= 0.3 is 0 Å². The van der Waals surface area contributed by atoms with Gasteiger partial charge in [-0.3, -0.25) is 4.90 Å². The highest BCUT2D eigenvalue weighted by molar-refractivity contribution is 7.89. The predicted molar refractivity (Wildman–Crippen MR) is 90.6 cm³/mol. The van der Waals surface area contributed by atoms with E-state index >= 15 is 0 Å². The number of hydrogen-bond acceptors (Lipinski definition) is 4. The van der Waals surface area contributed by atoms with Crippen LogP contribution in [-0.2, 0) is 10.0 Å². The molecule has 1 atom stereocenters. The van der Waals surface area contributed by atoms with Crippen LogP contribution in [0.4, 0.5) is 0 Å². The van der Waals surface area contributed by atoms with E-state index in [-0.39, 0.29) is 5.92 Å². The molecule has 1 aromatic carbocycles. The number of aryl methyl sites for hydroxylation is 3. The van der Waals surface area contributed by atoms with Crippen LogP contribution >= 0.6 is 0 Å². The second-order valence-electron chi connectivity index (χ2n) is 6.46. The molecular weight excluding hydrogens is 310 g/mol. The zero-order chi connectivity index (χ0) is 17.2. The van der Waals surface area contributed by atoms with Gasteiger partial charge in [-0.1, -0.05) is 17.7 Å². The molecule has 1 heterocycles. The summed E-state index contributed by atoms with van der Waals surface area (Å²) < 4.78 is 27.5. The third-order valence-corrected chi connectivity index (χ3v) is 6.49. The monoisotopic (exact) mass is 335 g/mol. The molecule has 0 N–H and O–H groups in total. The zero-order valence-corrected chi connectivity index (χ0v) is 15.2. The number of hydrogen-bond donors (Lipinski definition) is 0. The maximum absolute atomic E-state index is 13.0. The number of rotatable bonds is 4. The van der Waals surface area contributed by atoms with Crippen LogP contribution in [0.3, 0.4) is 0 Å². The number of piperazine rings is 1. The summed E-state index contributed by atoms with van der Waals surface area (Å²) in [5, 5.41) is 8.90. The number of nitriles is 1. The molecule has 1 aliphatic rings. The molecule has 0 amide bonds. The first kappa shape index (κ1) is 17.9. The molecule has 1 saturated heterocycles. The van der Waals surface area contributed by atoms with Crippen molar-refractivity contribution in [1.29, 1.82) is 5.26 Å². The lowest BCUT2D eigenvalue weighted by Gasteiger charge is -2.35. The van der Waals surface area contributed by atoms with Gasteiger partial charge in [0.2, 0.25) is 10.0 Å². The van der Waals surface area contributed by atoms with Gasteiger partial charge in [0.1, 0.15) is 0 Å². The molecule has 0 aromatic heterocycles. The Kier molecular flexibility index (Phi) is 5.45. The minimum atomic E-state index is -3.46. The van der Waals surface area contributed by atoms with E-state index in [1.807, 2.05) is 39.8 Å². The number of benzene rings is 1. The second-order valence-corrected chi connectivity index (χ2v) is 8.34. The fourth-order valence-electron chi connectivity index (χ4n) is 3.28. The lowest BCUT2D eigenvalue weighted by atomic mass is 10.1. The lowest BCUT2D eigenvalue weighted by molar-refractivity contribution is 0.178. The SMILES string of the molecule is Cc1cc(C)c(S(=O)(=O)N2CCN(C[C@@H](C)C#N)CC2)c(C)c1. The van der Waals surface area contributed by atoms with Crippen LogP contribution in [0.2, 0.25) is 0 Å². The topological polar surface area (TPSA) is 64.4 Å². The Morgan fingerprint density at radius 2 is 1.65 bits per heavy atom. The summed E-state index contributed by atoms with van der Waals surface area (Å²) in [6.45, 7) is 10.6. The van der Waals surface area contributed by atoms with E-state index in [0.717, 1.165) is 16.7 Å². The number of sulfonamides is 1. The van der Waals surface area contributed by atoms with Gasteiger partial charge in [0.15, 0.2) is 0 Å². The number of nitrogens with zero attached hydrogens (tertiary/aromatic N) is 3. The van der Waals surface area contributed by atoms with Crippen molar-refractivity contribution in [3.05, 3.63) is 28.8 Å². The molecule has 1 aromatic rings. The first-order chi connectivity index (χ1) is 10.8. The molecule has 0 unspecified atom stereocenters. The lowest BCUT2D eigenvalue weighted by Crippen LogP contribution is -2.49. The molecule has 23 heavy (non-hydrogen) atoms. The average molecular weight is 335 g/mol. The van der Waals surface area contributed by atoms with Gasteiger partial charge in [0.25, 0.3) is 0 Å². The van der Waals surface area contributed by atoms with E-state index in [2.05, 4.69) is 11.0 Å². The van der Waals surface area contributed by atoms with Crippen LogP contribution in [0.5, 0.6) is 0 Å². The van der Waals surface area contributed by atoms with E-state index in [4.69, 9.17) is 5.26 Å². The summed E-state index contributed by atoms with van der Waals surface area (Å²) in [6.07, 6.45) is 0. The van der Waals surface area contributed by atoms with Crippen molar-refractivity contribution in [3.63, 3.8) is 0 Å². The highest BCUT2D eigenvalue weighted by atomic mass is 32.2. The normalized spacial score (nSPS) is 18.6. The van der Waals surface area contributed by atoms with Gasteiger partial charge in [-0.15, -0.1) is 0 Å². The van der Waals surface area contributed by atoms with E-state index in [9.17, 15) is 8.42 Å². The van der Waals surface area contributed by atoms with Gasteiger partial charge in [0, 0.05) is 32.7 Å². The van der Waals surface area contributed by atoms with Crippen LogP contribution in [0, 0.1) is 38.0 Å². The van der Waals surface area contributed by atoms with Crippen molar-refractivity contribution >= 4 is 10.0 Å². The Morgan fingerprint density at radius 3 is 2.13 bits per heavy atom. The van der Waals surface area contributed by atoms with E-state index in [0.29, 0.717) is 37.6 Å². The fraction of sp³-hybridized carbons (Fsp3) is 0.588. The molecule has 2 rings (SSSR count). The van der Waals surface area contributed by atoms with Crippen molar-refractivity contribution < 1.29 is 8.42 Å². The smallest absolute Gasteiger partial charge is 0.243 e. The molecule has 6 heteroatoms. The van der Waals surface area contributed by atoms with E-state index in [1.54, 1.807) is 4.31 Å². The minimum Gasteiger partial charge on any atom is -0.299 e. The summed E-state index contributed by atoms with van der Waals surface area (Å²) in [5.74, 6) is -0.0280. The second kappa shape index (κ2) is 7.00. The van der Waals surface area contributed by atoms with Crippen LogP contribution < -0.4 is 0 Å².